The predicted octanol–water partition coefficient (Wildman–Crippen LogP) is 2.60. The first-order valence-corrected chi connectivity index (χ1v) is 6.54. The summed E-state index contributed by atoms with van der Waals surface area (Å²) in [6.45, 7) is 5.73. The van der Waals surface area contributed by atoms with Gasteiger partial charge in [-0.15, -0.1) is 11.6 Å². The lowest BCUT2D eigenvalue weighted by molar-refractivity contribution is -0.146. The molecule has 0 aliphatic carbocycles. The minimum absolute atomic E-state index is 0.0452. The molecule has 18 heavy (non-hydrogen) atoms. The van der Waals surface area contributed by atoms with Crippen molar-refractivity contribution in [1.82, 2.24) is 4.90 Å². The van der Waals surface area contributed by atoms with Crippen LogP contribution in [-0.4, -0.2) is 36.1 Å². The molecule has 1 aliphatic rings. The van der Waals surface area contributed by atoms with E-state index in [1.807, 2.05) is 49.1 Å². The van der Waals surface area contributed by atoms with Crippen LogP contribution in [0.15, 0.2) is 30.3 Å². The third kappa shape index (κ3) is 2.68. The standard InChI is InChI=1S/C14H18ClNO2/c1-14(2)10-18-9-8-16(14)13(17)12(15)11-6-4-3-5-7-11/h3-7,12H,8-10H2,1-2H3. The Hall–Kier alpha value is -1.06. The van der Waals surface area contributed by atoms with Crippen LogP contribution < -0.4 is 0 Å². The largest absolute Gasteiger partial charge is 0.377 e. The molecule has 0 bridgehead atoms. The van der Waals surface area contributed by atoms with Gasteiger partial charge < -0.3 is 9.64 Å². The normalized spacial score (nSPS) is 20.5. The lowest BCUT2D eigenvalue weighted by Crippen LogP contribution is -2.56. The molecule has 0 spiro atoms. The van der Waals surface area contributed by atoms with Gasteiger partial charge in [-0.2, -0.15) is 0 Å². The molecule has 0 aromatic heterocycles. The Bertz CT molecular complexity index is 419. The Morgan fingerprint density at radius 3 is 2.67 bits per heavy atom. The molecule has 1 fully saturated rings. The van der Waals surface area contributed by atoms with Gasteiger partial charge in [-0.05, 0) is 19.4 Å². The van der Waals surface area contributed by atoms with Crippen LogP contribution in [0.2, 0.25) is 0 Å². The number of benzene rings is 1. The van der Waals surface area contributed by atoms with Crippen molar-refractivity contribution in [2.75, 3.05) is 19.8 Å². The number of halogens is 1. The SMILES string of the molecule is CC1(C)COCCN1C(=O)C(Cl)c1ccccc1. The van der Waals surface area contributed by atoms with Gasteiger partial charge in [0.15, 0.2) is 0 Å². The van der Waals surface area contributed by atoms with Crippen LogP contribution in [0.1, 0.15) is 24.8 Å². The minimum Gasteiger partial charge on any atom is -0.377 e. The smallest absolute Gasteiger partial charge is 0.245 e. The van der Waals surface area contributed by atoms with Gasteiger partial charge >= 0.3 is 0 Å². The highest BCUT2D eigenvalue weighted by atomic mass is 35.5. The van der Waals surface area contributed by atoms with Gasteiger partial charge in [0.2, 0.25) is 5.91 Å². The second kappa shape index (κ2) is 5.29. The van der Waals surface area contributed by atoms with E-state index < -0.39 is 5.38 Å². The number of morpholine rings is 1. The number of amides is 1. The van der Waals surface area contributed by atoms with Gasteiger partial charge in [-0.1, -0.05) is 30.3 Å². The first-order valence-electron chi connectivity index (χ1n) is 6.10. The Kier molecular flexibility index (Phi) is 3.93. The maximum Gasteiger partial charge on any atom is 0.245 e. The Morgan fingerprint density at radius 2 is 2.06 bits per heavy atom. The van der Waals surface area contributed by atoms with Crippen LogP contribution >= 0.6 is 11.6 Å². The molecule has 1 amide bonds. The molecule has 1 aromatic carbocycles. The highest BCUT2D eigenvalue weighted by Crippen LogP contribution is 2.28. The highest BCUT2D eigenvalue weighted by Gasteiger charge is 2.37. The Labute approximate surface area is 113 Å². The summed E-state index contributed by atoms with van der Waals surface area (Å²) in [6, 6.07) is 9.45. The number of ether oxygens (including phenoxy) is 1. The summed E-state index contributed by atoms with van der Waals surface area (Å²) < 4.78 is 5.41. The number of hydrogen-bond acceptors (Lipinski definition) is 2. The zero-order valence-electron chi connectivity index (χ0n) is 10.7. The van der Waals surface area contributed by atoms with Crippen molar-refractivity contribution < 1.29 is 9.53 Å². The maximum absolute atomic E-state index is 12.5. The third-order valence-corrected chi connectivity index (χ3v) is 3.66. The summed E-state index contributed by atoms with van der Waals surface area (Å²) in [5, 5.41) is -0.622. The lowest BCUT2D eigenvalue weighted by atomic mass is 10.0. The van der Waals surface area contributed by atoms with Crippen LogP contribution in [0.3, 0.4) is 0 Å². The van der Waals surface area contributed by atoms with Crippen LogP contribution in [0, 0.1) is 0 Å². The van der Waals surface area contributed by atoms with E-state index in [0.29, 0.717) is 19.8 Å². The number of rotatable bonds is 2. The summed E-state index contributed by atoms with van der Waals surface area (Å²) in [4.78, 5) is 14.3. The van der Waals surface area contributed by atoms with Crippen molar-refractivity contribution in [2.45, 2.75) is 24.8 Å². The molecule has 1 saturated heterocycles. The molecule has 1 atom stereocenters. The van der Waals surface area contributed by atoms with Gasteiger partial charge in [0.05, 0.1) is 18.8 Å². The molecule has 2 rings (SSSR count). The topological polar surface area (TPSA) is 29.5 Å². The van der Waals surface area contributed by atoms with E-state index in [1.54, 1.807) is 0 Å². The van der Waals surface area contributed by atoms with E-state index in [4.69, 9.17) is 16.3 Å². The number of alkyl halides is 1. The summed E-state index contributed by atoms with van der Waals surface area (Å²) in [7, 11) is 0. The first-order chi connectivity index (χ1) is 8.52. The van der Waals surface area contributed by atoms with Crippen molar-refractivity contribution in [3.05, 3.63) is 35.9 Å². The van der Waals surface area contributed by atoms with Gasteiger partial charge in [-0.25, -0.2) is 0 Å². The zero-order valence-corrected chi connectivity index (χ0v) is 11.5. The molecular formula is C14H18ClNO2. The molecule has 3 nitrogen and oxygen atoms in total. The molecule has 0 radical (unpaired) electrons. The van der Waals surface area contributed by atoms with Gasteiger partial charge in [0.25, 0.3) is 0 Å². The Morgan fingerprint density at radius 1 is 1.39 bits per heavy atom. The minimum atomic E-state index is -0.622. The van der Waals surface area contributed by atoms with Crippen LogP contribution in [-0.2, 0) is 9.53 Å². The molecule has 1 aromatic rings. The molecule has 1 aliphatic heterocycles. The molecule has 1 heterocycles. The summed E-state index contributed by atoms with van der Waals surface area (Å²) in [5.74, 6) is -0.0452. The highest BCUT2D eigenvalue weighted by molar-refractivity contribution is 6.30. The average Bonchev–Trinajstić information content (AvgIpc) is 2.37. The number of hydrogen-bond donors (Lipinski definition) is 0. The van der Waals surface area contributed by atoms with E-state index in [2.05, 4.69) is 0 Å². The van der Waals surface area contributed by atoms with Crippen molar-refractivity contribution in [1.29, 1.82) is 0 Å². The van der Waals surface area contributed by atoms with Crippen LogP contribution in [0.5, 0.6) is 0 Å². The number of nitrogens with zero attached hydrogens (tertiary/aromatic N) is 1. The number of carbonyl (C=O) groups excluding carboxylic acids is 1. The van der Waals surface area contributed by atoms with E-state index >= 15 is 0 Å². The molecule has 0 saturated carbocycles. The predicted molar refractivity (Wildman–Crippen MR) is 71.6 cm³/mol. The molecule has 0 N–H and O–H groups in total. The molecule has 1 unspecified atom stereocenters. The summed E-state index contributed by atoms with van der Waals surface area (Å²) in [5.41, 5.74) is 0.545. The van der Waals surface area contributed by atoms with E-state index in [-0.39, 0.29) is 11.4 Å². The molecular weight excluding hydrogens is 250 g/mol. The van der Waals surface area contributed by atoms with Crippen molar-refractivity contribution in [2.24, 2.45) is 0 Å². The van der Waals surface area contributed by atoms with E-state index in [9.17, 15) is 4.79 Å². The second-order valence-corrected chi connectivity index (χ2v) is 5.56. The van der Waals surface area contributed by atoms with Crippen LogP contribution in [0.25, 0.3) is 0 Å². The second-order valence-electron chi connectivity index (χ2n) is 5.13. The van der Waals surface area contributed by atoms with Crippen molar-refractivity contribution in [3.63, 3.8) is 0 Å². The quantitative estimate of drug-likeness (QED) is 0.771. The Balaban J connectivity index is 2.16. The average molecular weight is 268 g/mol. The van der Waals surface area contributed by atoms with Gasteiger partial charge in [-0.3, -0.25) is 4.79 Å². The maximum atomic E-state index is 12.5. The fourth-order valence-electron chi connectivity index (χ4n) is 2.17. The van der Waals surface area contributed by atoms with Crippen molar-refractivity contribution in [3.8, 4) is 0 Å². The van der Waals surface area contributed by atoms with E-state index in [1.165, 1.54) is 0 Å². The molecule has 98 valence electrons. The van der Waals surface area contributed by atoms with Crippen LogP contribution in [0.4, 0.5) is 0 Å². The van der Waals surface area contributed by atoms with Crippen molar-refractivity contribution >= 4 is 17.5 Å². The van der Waals surface area contributed by atoms with Gasteiger partial charge in [0, 0.05) is 6.54 Å². The monoisotopic (exact) mass is 267 g/mol. The first kappa shape index (κ1) is 13.4. The summed E-state index contributed by atoms with van der Waals surface area (Å²) >= 11 is 6.29. The lowest BCUT2D eigenvalue weighted by Gasteiger charge is -2.43. The van der Waals surface area contributed by atoms with E-state index in [0.717, 1.165) is 5.56 Å². The van der Waals surface area contributed by atoms with Gasteiger partial charge in [0.1, 0.15) is 5.38 Å². The number of carbonyl (C=O) groups is 1. The zero-order chi connectivity index (χ0) is 13.2. The third-order valence-electron chi connectivity index (χ3n) is 3.22. The fraction of sp³-hybridized carbons (Fsp3) is 0.500. The summed E-state index contributed by atoms with van der Waals surface area (Å²) in [6.07, 6.45) is 0. The fourth-order valence-corrected chi connectivity index (χ4v) is 2.43. The molecule has 4 heteroatoms.